The highest BCUT2D eigenvalue weighted by Gasteiger charge is 2.38. The molecule has 0 bridgehead atoms. The lowest BCUT2D eigenvalue weighted by molar-refractivity contribution is 0.295. The van der Waals surface area contributed by atoms with E-state index in [1.807, 2.05) is 11.9 Å². The molecule has 2 rings (SSSR count). The average Bonchev–Trinajstić information content (AvgIpc) is 2.89. The van der Waals surface area contributed by atoms with Crippen molar-refractivity contribution in [3.63, 3.8) is 0 Å². The highest BCUT2D eigenvalue weighted by Crippen LogP contribution is 2.32. The number of nitrogens with two attached hydrogens (primary N) is 1. The van der Waals surface area contributed by atoms with Crippen molar-refractivity contribution < 1.29 is 8.78 Å². The summed E-state index contributed by atoms with van der Waals surface area (Å²) in [4.78, 5) is 2.04. The van der Waals surface area contributed by atoms with E-state index in [9.17, 15) is 8.78 Å². The smallest absolute Gasteiger partial charge is 0.159 e. The van der Waals surface area contributed by atoms with Crippen LogP contribution in [0.4, 0.5) is 8.78 Å². The van der Waals surface area contributed by atoms with Gasteiger partial charge in [-0.15, -0.1) is 0 Å². The first kappa shape index (κ1) is 11.5. The molecule has 0 spiro atoms. The van der Waals surface area contributed by atoms with Crippen molar-refractivity contribution in [3.8, 4) is 0 Å². The number of nitrogens with zero attached hydrogens (tertiary/aromatic N) is 1. The van der Waals surface area contributed by atoms with Gasteiger partial charge in [0.25, 0.3) is 0 Å². The summed E-state index contributed by atoms with van der Waals surface area (Å²) in [6.45, 7) is 1.39. The topological polar surface area (TPSA) is 29.3 Å². The predicted octanol–water partition coefficient (Wildman–Crippen LogP) is 1.89. The van der Waals surface area contributed by atoms with E-state index < -0.39 is 11.6 Å². The molecule has 1 aromatic rings. The second-order valence-electron chi connectivity index (χ2n) is 4.78. The van der Waals surface area contributed by atoms with Gasteiger partial charge in [-0.25, -0.2) is 8.78 Å². The van der Waals surface area contributed by atoms with Crippen LogP contribution in [0.5, 0.6) is 0 Å². The Morgan fingerprint density at radius 3 is 2.56 bits per heavy atom. The van der Waals surface area contributed by atoms with E-state index in [-0.39, 0.29) is 5.54 Å². The molecular weight excluding hydrogens is 210 g/mol. The minimum Gasteiger partial charge on any atom is -0.324 e. The first-order chi connectivity index (χ1) is 7.48. The summed E-state index contributed by atoms with van der Waals surface area (Å²) in [5.41, 5.74) is 6.70. The minimum absolute atomic E-state index is 0.0483. The van der Waals surface area contributed by atoms with Gasteiger partial charge in [-0.1, -0.05) is 6.07 Å². The Labute approximate surface area is 94.0 Å². The SMILES string of the molecule is CN(Cc1ccc(F)c(F)c1)CC1(N)CC1. The van der Waals surface area contributed by atoms with E-state index in [1.54, 1.807) is 6.07 Å². The van der Waals surface area contributed by atoms with E-state index in [0.29, 0.717) is 6.54 Å². The van der Waals surface area contributed by atoms with E-state index in [0.717, 1.165) is 31.0 Å². The first-order valence-corrected chi connectivity index (χ1v) is 5.40. The second-order valence-corrected chi connectivity index (χ2v) is 4.78. The summed E-state index contributed by atoms with van der Waals surface area (Å²) in [5, 5.41) is 0. The van der Waals surface area contributed by atoms with Gasteiger partial charge in [-0.3, -0.25) is 0 Å². The van der Waals surface area contributed by atoms with Gasteiger partial charge in [0, 0.05) is 18.6 Å². The molecule has 1 aliphatic carbocycles. The highest BCUT2D eigenvalue weighted by atomic mass is 19.2. The Kier molecular flexibility index (Phi) is 2.95. The normalized spacial score (nSPS) is 17.8. The van der Waals surface area contributed by atoms with Crippen LogP contribution in [0.1, 0.15) is 18.4 Å². The lowest BCUT2D eigenvalue weighted by atomic mass is 10.2. The number of hydrogen-bond acceptors (Lipinski definition) is 2. The van der Waals surface area contributed by atoms with Crippen molar-refractivity contribution in [2.75, 3.05) is 13.6 Å². The third kappa shape index (κ3) is 2.77. The van der Waals surface area contributed by atoms with Crippen molar-refractivity contribution >= 4 is 0 Å². The van der Waals surface area contributed by atoms with Crippen molar-refractivity contribution in [1.29, 1.82) is 0 Å². The Morgan fingerprint density at radius 1 is 1.31 bits per heavy atom. The van der Waals surface area contributed by atoms with Gasteiger partial charge in [0.05, 0.1) is 0 Å². The summed E-state index contributed by atoms with van der Waals surface area (Å²) < 4.78 is 25.7. The van der Waals surface area contributed by atoms with Crippen LogP contribution in [-0.2, 0) is 6.54 Å². The average molecular weight is 226 g/mol. The molecule has 0 aliphatic heterocycles. The van der Waals surface area contributed by atoms with Crippen LogP contribution in [0.15, 0.2) is 18.2 Å². The molecule has 1 aliphatic rings. The van der Waals surface area contributed by atoms with Gasteiger partial charge < -0.3 is 10.6 Å². The molecule has 0 aromatic heterocycles. The molecule has 0 heterocycles. The lowest BCUT2D eigenvalue weighted by Crippen LogP contribution is -2.36. The number of hydrogen-bond donors (Lipinski definition) is 1. The molecule has 0 radical (unpaired) electrons. The summed E-state index contributed by atoms with van der Waals surface area (Å²) in [7, 11) is 1.94. The maximum atomic E-state index is 13.0. The molecule has 4 heteroatoms. The summed E-state index contributed by atoms with van der Waals surface area (Å²) >= 11 is 0. The van der Waals surface area contributed by atoms with Gasteiger partial charge in [-0.2, -0.15) is 0 Å². The maximum absolute atomic E-state index is 13.0. The Bertz CT molecular complexity index is 389. The van der Waals surface area contributed by atoms with Crippen LogP contribution in [0, 0.1) is 11.6 Å². The standard InChI is InChI=1S/C12H16F2N2/c1-16(8-12(15)4-5-12)7-9-2-3-10(13)11(14)6-9/h2-3,6H,4-5,7-8,15H2,1H3. The van der Waals surface area contributed by atoms with Crippen molar-refractivity contribution in [1.82, 2.24) is 4.90 Å². The molecular formula is C12H16F2N2. The van der Waals surface area contributed by atoms with Crippen LogP contribution in [0.2, 0.25) is 0 Å². The number of halogens is 2. The fraction of sp³-hybridized carbons (Fsp3) is 0.500. The molecule has 1 fully saturated rings. The molecule has 2 nitrogen and oxygen atoms in total. The third-order valence-electron chi connectivity index (χ3n) is 2.91. The minimum atomic E-state index is -0.802. The zero-order chi connectivity index (χ0) is 11.8. The van der Waals surface area contributed by atoms with Crippen molar-refractivity contribution in [2.45, 2.75) is 24.9 Å². The van der Waals surface area contributed by atoms with Gasteiger partial charge >= 0.3 is 0 Å². The fourth-order valence-electron chi connectivity index (χ4n) is 1.86. The third-order valence-corrected chi connectivity index (χ3v) is 2.91. The Morgan fingerprint density at radius 2 is 2.00 bits per heavy atom. The molecule has 0 unspecified atom stereocenters. The van der Waals surface area contributed by atoms with E-state index in [1.165, 1.54) is 6.07 Å². The monoisotopic (exact) mass is 226 g/mol. The summed E-state index contributed by atoms with van der Waals surface area (Å²) in [6.07, 6.45) is 2.10. The fourth-order valence-corrected chi connectivity index (χ4v) is 1.86. The van der Waals surface area contributed by atoms with Crippen LogP contribution < -0.4 is 5.73 Å². The van der Waals surface area contributed by atoms with Gasteiger partial charge in [-0.05, 0) is 37.6 Å². The van der Waals surface area contributed by atoms with E-state index in [4.69, 9.17) is 5.73 Å². The van der Waals surface area contributed by atoms with Crippen LogP contribution in [0.25, 0.3) is 0 Å². The summed E-state index contributed by atoms with van der Waals surface area (Å²) in [6, 6.07) is 4.00. The maximum Gasteiger partial charge on any atom is 0.159 e. The zero-order valence-electron chi connectivity index (χ0n) is 9.34. The largest absolute Gasteiger partial charge is 0.324 e. The Hall–Kier alpha value is -1.00. The number of likely N-dealkylation sites (N-methyl/N-ethyl adjacent to an activating group) is 1. The van der Waals surface area contributed by atoms with Crippen LogP contribution >= 0.6 is 0 Å². The highest BCUT2D eigenvalue weighted by molar-refractivity contribution is 5.17. The molecule has 1 saturated carbocycles. The quantitative estimate of drug-likeness (QED) is 0.849. The number of benzene rings is 1. The molecule has 0 atom stereocenters. The molecule has 16 heavy (non-hydrogen) atoms. The molecule has 88 valence electrons. The Balaban J connectivity index is 1.95. The van der Waals surface area contributed by atoms with Gasteiger partial charge in [0.1, 0.15) is 0 Å². The van der Waals surface area contributed by atoms with Gasteiger partial charge in [0.15, 0.2) is 11.6 Å². The second kappa shape index (κ2) is 4.11. The van der Waals surface area contributed by atoms with Crippen LogP contribution in [-0.4, -0.2) is 24.0 Å². The van der Waals surface area contributed by atoms with Crippen molar-refractivity contribution in [3.05, 3.63) is 35.4 Å². The van der Waals surface area contributed by atoms with E-state index >= 15 is 0 Å². The number of rotatable bonds is 4. The lowest BCUT2D eigenvalue weighted by Gasteiger charge is -2.20. The van der Waals surface area contributed by atoms with Crippen molar-refractivity contribution in [2.24, 2.45) is 5.73 Å². The zero-order valence-corrected chi connectivity index (χ0v) is 9.34. The molecule has 0 amide bonds. The van der Waals surface area contributed by atoms with Gasteiger partial charge in [0.2, 0.25) is 0 Å². The predicted molar refractivity (Wildman–Crippen MR) is 58.8 cm³/mol. The molecule has 2 N–H and O–H groups in total. The molecule has 1 aromatic carbocycles. The van der Waals surface area contributed by atoms with Crippen LogP contribution in [0.3, 0.4) is 0 Å². The first-order valence-electron chi connectivity index (χ1n) is 5.40. The van der Waals surface area contributed by atoms with E-state index in [2.05, 4.69) is 0 Å². The summed E-state index contributed by atoms with van der Waals surface area (Å²) in [5.74, 6) is -1.59. The molecule has 0 saturated heterocycles.